The molecule has 118 valence electrons. The second-order valence-electron chi connectivity index (χ2n) is 6.00. The molecule has 0 N–H and O–H groups in total. The van der Waals surface area contributed by atoms with E-state index in [9.17, 15) is 8.42 Å². The summed E-state index contributed by atoms with van der Waals surface area (Å²) in [5.74, 6) is 0.463. The van der Waals surface area contributed by atoms with Crippen LogP contribution < -0.4 is 0 Å². The predicted molar refractivity (Wildman–Crippen MR) is 75.2 cm³/mol. The van der Waals surface area contributed by atoms with Gasteiger partial charge in [-0.3, -0.25) is 0 Å². The Hall–Kier alpha value is -0.960. The number of hydrogen-bond acceptors (Lipinski definition) is 5. The lowest BCUT2D eigenvalue weighted by molar-refractivity contribution is -0.0774. The minimum atomic E-state index is -3.48. The van der Waals surface area contributed by atoms with Crippen LogP contribution in [0.5, 0.6) is 0 Å². The summed E-state index contributed by atoms with van der Waals surface area (Å²) in [4.78, 5) is 3.94. The van der Waals surface area contributed by atoms with Gasteiger partial charge in [-0.2, -0.15) is 4.31 Å². The molecule has 0 aromatic carbocycles. The van der Waals surface area contributed by atoms with Crippen molar-refractivity contribution in [2.45, 2.75) is 23.5 Å². The molecule has 0 radical (unpaired) electrons. The van der Waals surface area contributed by atoms with Crippen molar-refractivity contribution in [2.75, 3.05) is 33.4 Å². The van der Waals surface area contributed by atoms with E-state index in [0.29, 0.717) is 25.6 Å². The quantitative estimate of drug-likeness (QED) is 0.778. The van der Waals surface area contributed by atoms with Crippen molar-refractivity contribution in [3.8, 4) is 0 Å². The van der Waals surface area contributed by atoms with Gasteiger partial charge in [-0.25, -0.2) is 13.4 Å². The molecule has 2 saturated heterocycles. The van der Waals surface area contributed by atoms with Crippen LogP contribution in [0.3, 0.4) is 0 Å². The zero-order valence-corrected chi connectivity index (χ0v) is 13.2. The van der Waals surface area contributed by atoms with Gasteiger partial charge in [-0.05, 0) is 18.8 Å². The minimum Gasteiger partial charge on any atom is -0.385 e. The third-order valence-corrected chi connectivity index (χ3v) is 5.91. The molecule has 1 unspecified atom stereocenters. The highest BCUT2D eigenvalue weighted by molar-refractivity contribution is 7.89. The molecule has 1 aromatic rings. The molecule has 7 nitrogen and oxygen atoms in total. The van der Waals surface area contributed by atoms with Crippen molar-refractivity contribution in [2.24, 2.45) is 13.0 Å². The standard InChI is InChI=1S/C13H21N3O4S/c1-15-6-12(14-10-15)21(17,18)16-8-13(9-16)5-11(7-20-13)3-4-19-2/h6,10-11H,3-5,7-9H2,1-2H3. The van der Waals surface area contributed by atoms with Crippen molar-refractivity contribution in [1.29, 1.82) is 0 Å². The Morgan fingerprint density at radius 2 is 2.29 bits per heavy atom. The van der Waals surface area contributed by atoms with E-state index in [4.69, 9.17) is 9.47 Å². The van der Waals surface area contributed by atoms with Gasteiger partial charge in [0.1, 0.15) is 0 Å². The molecule has 3 rings (SSSR count). The number of ether oxygens (including phenoxy) is 2. The second-order valence-corrected chi connectivity index (χ2v) is 7.88. The van der Waals surface area contributed by atoms with Crippen LogP contribution in [0.25, 0.3) is 0 Å². The Labute approximate surface area is 124 Å². The van der Waals surface area contributed by atoms with E-state index in [2.05, 4.69) is 4.98 Å². The molecule has 3 heterocycles. The fourth-order valence-corrected chi connectivity index (χ4v) is 4.60. The third kappa shape index (κ3) is 2.73. The second kappa shape index (κ2) is 5.35. The van der Waals surface area contributed by atoms with E-state index in [1.807, 2.05) is 0 Å². The smallest absolute Gasteiger partial charge is 0.262 e. The minimum absolute atomic E-state index is 0.105. The molecule has 0 bridgehead atoms. The molecule has 8 heteroatoms. The van der Waals surface area contributed by atoms with Crippen LogP contribution in [0.2, 0.25) is 0 Å². The molecule has 21 heavy (non-hydrogen) atoms. The normalized spacial score (nSPS) is 25.3. The average Bonchev–Trinajstić information content (AvgIpc) is 3.01. The van der Waals surface area contributed by atoms with Crippen molar-refractivity contribution >= 4 is 10.0 Å². The average molecular weight is 315 g/mol. The molecule has 0 amide bonds. The van der Waals surface area contributed by atoms with Crippen molar-refractivity contribution in [3.05, 3.63) is 12.5 Å². The maximum atomic E-state index is 12.4. The van der Waals surface area contributed by atoms with Crippen molar-refractivity contribution in [1.82, 2.24) is 13.9 Å². The number of aromatic nitrogens is 2. The number of methoxy groups -OCH3 is 1. The van der Waals surface area contributed by atoms with Gasteiger partial charge in [0.25, 0.3) is 10.0 Å². The van der Waals surface area contributed by atoms with E-state index >= 15 is 0 Å². The van der Waals surface area contributed by atoms with E-state index in [-0.39, 0.29) is 10.6 Å². The zero-order valence-electron chi connectivity index (χ0n) is 12.4. The first-order chi connectivity index (χ1) is 9.95. The molecule has 0 saturated carbocycles. The summed E-state index contributed by atoms with van der Waals surface area (Å²) in [5, 5.41) is 0.105. The first kappa shape index (κ1) is 15.0. The maximum Gasteiger partial charge on any atom is 0.262 e. The fourth-order valence-electron chi connectivity index (χ4n) is 3.05. The predicted octanol–water partition coefficient (Wildman–Crippen LogP) is 0.236. The Kier molecular flexibility index (Phi) is 3.81. The first-order valence-corrected chi connectivity index (χ1v) is 8.50. The van der Waals surface area contributed by atoms with Crippen LogP contribution >= 0.6 is 0 Å². The summed E-state index contributed by atoms with van der Waals surface area (Å²) >= 11 is 0. The van der Waals surface area contributed by atoms with E-state index in [1.54, 1.807) is 18.7 Å². The van der Waals surface area contributed by atoms with Crippen LogP contribution in [-0.2, 0) is 26.5 Å². The SMILES string of the molecule is COCCC1COC2(C1)CN(S(=O)(=O)c1cn(C)cn1)C2. The van der Waals surface area contributed by atoms with Crippen LogP contribution in [0.4, 0.5) is 0 Å². The molecule has 2 aliphatic heterocycles. The summed E-state index contributed by atoms with van der Waals surface area (Å²) < 4.78 is 38.8. The molecular weight excluding hydrogens is 294 g/mol. The van der Waals surface area contributed by atoms with Crippen molar-refractivity contribution < 1.29 is 17.9 Å². The Balaban J connectivity index is 1.61. The van der Waals surface area contributed by atoms with E-state index < -0.39 is 10.0 Å². The molecule has 1 spiro atoms. The topological polar surface area (TPSA) is 73.7 Å². The Morgan fingerprint density at radius 1 is 1.52 bits per heavy atom. The van der Waals surface area contributed by atoms with Crippen LogP contribution in [0.1, 0.15) is 12.8 Å². The summed E-state index contributed by atoms with van der Waals surface area (Å²) in [5.41, 5.74) is -0.291. The summed E-state index contributed by atoms with van der Waals surface area (Å²) in [6.45, 7) is 2.27. The number of rotatable bonds is 5. The van der Waals surface area contributed by atoms with Gasteiger partial charge < -0.3 is 14.0 Å². The summed E-state index contributed by atoms with van der Waals surface area (Å²) in [6, 6.07) is 0. The largest absolute Gasteiger partial charge is 0.385 e. The van der Waals surface area contributed by atoms with E-state index in [1.165, 1.54) is 16.8 Å². The van der Waals surface area contributed by atoms with Gasteiger partial charge in [0.05, 0.1) is 18.5 Å². The molecule has 1 atom stereocenters. The lowest BCUT2D eigenvalue weighted by Crippen LogP contribution is -2.63. The monoisotopic (exact) mass is 315 g/mol. The highest BCUT2D eigenvalue weighted by Crippen LogP contribution is 2.41. The Bertz CT molecular complexity index is 607. The first-order valence-electron chi connectivity index (χ1n) is 7.06. The molecule has 0 aliphatic carbocycles. The number of sulfonamides is 1. The maximum absolute atomic E-state index is 12.4. The zero-order chi connectivity index (χ0) is 15.1. The van der Waals surface area contributed by atoms with Gasteiger partial charge in [0.2, 0.25) is 0 Å². The summed E-state index contributed by atoms with van der Waals surface area (Å²) in [7, 11) is -0.0380. The van der Waals surface area contributed by atoms with Gasteiger partial charge in [0, 0.05) is 40.1 Å². The molecule has 2 aliphatic rings. The number of hydrogen-bond donors (Lipinski definition) is 0. The number of imidazole rings is 1. The van der Waals surface area contributed by atoms with Crippen LogP contribution in [-0.4, -0.2) is 61.3 Å². The van der Waals surface area contributed by atoms with Crippen LogP contribution in [0.15, 0.2) is 17.6 Å². The van der Waals surface area contributed by atoms with Crippen molar-refractivity contribution in [3.63, 3.8) is 0 Å². The van der Waals surface area contributed by atoms with Gasteiger partial charge in [-0.15, -0.1) is 0 Å². The number of aryl methyl sites for hydroxylation is 1. The lowest BCUT2D eigenvalue weighted by Gasteiger charge is -2.45. The molecule has 1 aromatic heterocycles. The highest BCUT2D eigenvalue weighted by atomic mass is 32.2. The van der Waals surface area contributed by atoms with Gasteiger partial charge in [0.15, 0.2) is 5.03 Å². The van der Waals surface area contributed by atoms with E-state index in [0.717, 1.165) is 19.4 Å². The summed E-state index contributed by atoms with van der Waals surface area (Å²) in [6.07, 6.45) is 4.89. The molecular formula is C13H21N3O4S. The number of nitrogens with zero attached hydrogens (tertiary/aromatic N) is 3. The lowest BCUT2D eigenvalue weighted by atomic mass is 9.88. The van der Waals surface area contributed by atoms with Gasteiger partial charge in [-0.1, -0.05) is 0 Å². The fraction of sp³-hybridized carbons (Fsp3) is 0.769. The third-order valence-electron chi connectivity index (χ3n) is 4.23. The Morgan fingerprint density at radius 3 is 2.90 bits per heavy atom. The molecule has 2 fully saturated rings. The van der Waals surface area contributed by atoms with Gasteiger partial charge >= 0.3 is 0 Å². The highest BCUT2D eigenvalue weighted by Gasteiger charge is 2.53. The van der Waals surface area contributed by atoms with Crippen LogP contribution in [0, 0.1) is 5.92 Å².